The number of hydrogen-bond acceptors (Lipinski definition) is 4. The molecule has 0 unspecified atom stereocenters. The van der Waals surface area contributed by atoms with E-state index in [0.29, 0.717) is 5.56 Å². The molecule has 1 amide bonds. The largest absolute Gasteiger partial charge is 0.378 e. The van der Waals surface area contributed by atoms with Gasteiger partial charge in [-0.25, -0.2) is 4.98 Å². The molecule has 1 aromatic heterocycles. The highest BCUT2D eigenvalue weighted by Gasteiger charge is 2.09. The summed E-state index contributed by atoms with van der Waals surface area (Å²) in [6, 6.07) is 15.3. The van der Waals surface area contributed by atoms with E-state index < -0.39 is 0 Å². The summed E-state index contributed by atoms with van der Waals surface area (Å²) >= 11 is 1.56. The molecule has 0 aliphatic rings. The minimum atomic E-state index is -0.124. The van der Waals surface area contributed by atoms with E-state index in [1.165, 1.54) is 0 Å². The number of carbonyl (C=O) groups excluding carboxylic acids is 1. The fourth-order valence-corrected chi connectivity index (χ4v) is 2.84. The lowest BCUT2D eigenvalue weighted by atomic mass is 10.1. The van der Waals surface area contributed by atoms with Gasteiger partial charge in [0.1, 0.15) is 5.01 Å². The highest BCUT2D eigenvalue weighted by atomic mass is 32.1. The lowest BCUT2D eigenvalue weighted by Crippen LogP contribution is -2.12. The molecule has 0 atom stereocenters. The lowest BCUT2D eigenvalue weighted by molar-refractivity contribution is 0.102. The van der Waals surface area contributed by atoms with E-state index in [-0.39, 0.29) is 5.91 Å². The molecule has 0 radical (unpaired) electrons. The Kier molecular flexibility index (Phi) is 4.39. The van der Waals surface area contributed by atoms with Gasteiger partial charge in [-0.3, -0.25) is 4.79 Å². The third-order valence-corrected chi connectivity index (χ3v) is 4.27. The summed E-state index contributed by atoms with van der Waals surface area (Å²) in [7, 11) is 3.97. The standard InChI is InChI=1S/C18H17N3OS/c1-21(2)16-8-6-15(7-9-16)20-17(22)13-4-3-5-14(12-13)18-19-10-11-23-18/h3-12H,1-2H3,(H,20,22). The zero-order valence-corrected chi connectivity index (χ0v) is 13.8. The molecule has 1 heterocycles. The first-order valence-corrected chi connectivity index (χ1v) is 8.10. The van der Waals surface area contributed by atoms with Crippen LogP contribution >= 0.6 is 11.3 Å². The first-order chi connectivity index (χ1) is 11.1. The molecule has 2 aromatic carbocycles. The predicted octanol–water partition coefficient (Wildman–Crippen LogP) is 4.13. The van der Waals surface area contributed by atoms with E-state index >= 15 is 0 Å². The Morgan fingerprint density at radius 2 is 1.91 bits per heavy atom. The second kappa shape index (κ2) is 6.62. The maximum absolute atomic E-state index is 12.4. The molecule has 3 aromatic rings. The number of hydrogen-bond donors (Lipinski definition) is 1. The third-order valence-electron chi connectivity index (χ3n) is 3.45. The molecular weight excluding hydrogens is 306 g/mol. The van der Waals surface area contributed by atoms with Crippen LogP contribution in [0.15, 0.2) is 60.1 Å². The van der Waals surface area contributed by atoms with Crippen molar-refractivity contribution < 1.29 is 4.79 Å². The van der Waals surface area contributed by atoms with Gasteiger partial charge >= 0.3 is 0 Å². The maximum atomic E-state index is 12.4. The van der Waals surface area contributed by atoms with Crippen LogP contribution in [0.3, 0.4) is 0 Å². The summed E-state index contributed by atoms with van der Waals surface area (Å²) in [5.74, 6) is -0.124. The number of rotatable bonds is 4. The number of nitrogens with zero attached hydrogens (tertiary/aromatic N) is 2. The minimum Gasteiger partial charge on any atom is -0.378 e. The minimum absolute atomic E-state index is 0.124. The van der Waals surface area contributed by atoms with Gasteiger partial charge in [-0.15, -0.1) is 11.3 Å². The molecule has 1 N–H and O–H groups in total. The fourth-order valence-electron chi connectivity index (χ4n) is 2.21. The van der Waals surface area contributed by atoms with Gasteiger partial charge < -0.3 is 10.2 Å². The Bertz CT molecular complexity index is 795. The summed E-state index contributed by atoms with van der Waals surface area (Å²) in [5, 5.41) is 5.76. The maximum Gasteiger partial charge on any atom is 0.255 e. The molecule has 0 aliphatic carbocycles. The van der Waals surface area contributed by atoms with E-state index in [9.17, 15) is 4.79 Å². The van der Waals surface area contributed by atoms with Crippen LogP contribution < -0.4 is 10.2 Å². The molecular formula is C18H17N3OS. The summed E-state index contributed by atoms with van der Waals surface area (Å²) < 4.78 is 0. The van der Waals surface area contributed by atoms with E-state index in [2.05, 4.69) is 10.3 Å². The second-order valence-corrected chi connectivity index (χ2v) is 6.21. The molecule has 0 saturated heterocycles. The van der Waals surface area contributed by atoms with E-state index in [0.717, 1.165) is 21.9 Å². The van der Waals surface area contributed by atoms with Crippen molar-refractivity contribution in [2.45, 2.75) is 0 Å². The van der Waals surface area contributed by atoms with Crippen molar-refractivity contribution in [2.24, 2.45) is 0 Å². The Morgan fingerprint density at radius 3 is 2.57 bits per heavy atom. The van der Waals surface area contributed by atoms with Crippen LogP contribution in [0.25, 0.3) is 10.6 Å². The average molecular weight is 323 g/mol. The van der Waals surface area contributed by atoms with E-state index in [1.54, 1.807) is 23.6 Å². The molecule has 23 heavy (non-hydrogen) atoms. The molecule has 3 rings (SSSR count). The normalized spacial score (nSPS) is 10.3. The van der Waals surface area contributed by atoms with Crippen LogP contribution in [-0.2, 0) is 0 Å². The number of aromatic nitrogens is 1. The summed E-state index contributed by atoms with van der Waals surface area (Å²) in [5.41, 5.74) is 3.44. The average Bonchev–Trinajstić information content (AvgIpc) is 3.10. The molecule has 5 heteroatoms. The highest BCUT2D eigenvalue weighted by Crippen LogP contribution is 2.23. The SMILES string of the molecule is CN(C)c1ccc(NC(=O)c2cccc(-c3nccs3)c2)cc1. The Labute approximate surface area is 139 Å². The van der Waals surface area contributed by atoms with Gasteiger partial charge in [-0.05, 0) is 36.4 Å². The summed E-state index contributed by atoms with van der Waals surface area (Å²) in [4.78, 5) is 18.7. The van der Waals surface area contributed by atoms with Crippen LogP contribution in [0.2, 0.25) is 0 Å². The van der Waals surface area contributed by atoms with Crippen LogP contribution in [-0.4, -0.2) is 25.0 Å². The van der Waals surface area contributed by atoms with E-state index in [4.69, 9.17) is 0 Å². The summed E-state index contributed by atoms with van der Waals surface area (Å²) in [6.07, 6.45) is 1.76. The molecule has 0 bridgehead atoms. The number of benzene rings is 2. The van der Waals surface area contributed by atoms with Gasteiger partial charge in [0, 0.05) is 48.2 Å². The Morgan fingerprint density at radius 1 is 1.13 bits per heavy atom. The third kappa shape index (κ3) is 3.57. The lowest BCUT2D eigenvalue weighted by Gasteiger charge is -2.13. The number of carbonyl (C=O) groups is 1. The topological polar surface area (TPSA) is 45.2 Å². The van der Waals surface area contributed by atoms with Gasteiger partial charge in [0.15, 0.2) is 0 Å². The smallest absolute Gasteiger partial charge is 0.255 e. The molecule has 4 nitrogen and oxygen atoms in total. The van der Waals surface area contributed by atoms with Crippen molar-refractivity contribution in [3.05, 3.63) is 65.7 Å². The Hall–Kier alpha value is -2.66. The monoisotopic (exact) mass is 323 g/mol. The highest BCUT2D eigenvalue weighted by molar-refractivity contribution is 7.13. The molecule has 0 spiro atoms. The van der Waals surface area contributed by atoms with Crippen molar-refractivity contribution in [3.63, 3.8) is 0 Å². The van der Waals surface area contributed by atoms with E-state index in [1.807, 2.05) is 66.8 Å². The number of thiazole rings is 1. The molecule has 0 aliphatic heterocycles. The van der Waals surface area contributed by atoms with Crippen molar-refractivity contribution in [3.8, 4) is 10.6 Å². The fraction of sp³-hybridized carbons (Fsp3) is 0.111. The molecule has 116 valence electrons. The molecule has 0 fully saturated rings. The van der Waals surface area contributed by atoms with Crippen molar-refractivity contribution >= 4 is 28.6 Å². The van der Waals surface area contributed by atoms with Gasteiger partial charge in [0.2, 0.25) is 0 Å². The number of amides is 1. The summed E-state index contributed by atoms with van der Waals surface area (Å²) in [6.45, 7) is 0. The first-order valence-electron chi connectivity index (χ1n) is 7.22. The Balaban J connectivity index is 1.77. The van der Waals surface area contributed by atoms with Gasteiger partial charge in [0.05, 0.1) is 0 Å². The second-order valence-electron chi connectivity index (χ2n) is 5.31. The first kappa shape index (κ1) is 15.2. The van der Waals surface area contributed by atoms with Crippen LogP contribution in [0, 0.1) is 0 Å². The van der Waals surface area contributed by atoms with Gasteiger partial charge in [-0.1, -0.05) is 12.1 Å². The zero-order chi connectivity index (χ0) is 16.2. The van der Waals surface area contributed by atoms with Crippen LogP contribution in [0.4, 0.5) is 11.4 Å². The molecule has 0 saturated carbocycles. The number of nitrogens with one attached hydrogen (secondary N) is 1. The van der Waals surface area contributed by atoms with Crippen molar-refractivity contribution in [2.75, 3.05) is 24.3 Å². The zero-order valence-electron chi connectivity index (χ0n) is 13.0. The van der Waals surface area contributed by atoms with Crippen molar-refractivity contribution in [1.29, 1.82) is 0 Å². The van der Waals surface area contributed by atoms with Crippen LogP contribution in [0.1, 0.15) is 10.4 Å². The number of anilines is 2. The van der Waals surface area contributed by atoms with Gasteiger partial charge in [0.25, 0.3) is 5.91 Å². The predicted molar refractivity (Wildman–Crippen MR) is 96.3 cm³/mol. The van der Waals surface area contributed by atoms with Crippen LogP contribution in [0.5, 0.6) is 0 Å². The van der Waals surface area contributed by atoms with Crippen molar-refractivity contribution in [1.82, 2.24) is 4.98 Å². The van der Waals surface area contributed by atoms with Gasteiger partial charge in [-0.2, -0.15) is 0 Å². The quantitative estimate of drug-likeness (QED) is 0.785.